The molecule has 1 atom stereocenters. The van der Waals surface area contributed by atoms with Crippen LogP contribution >= 0.6 is 8.30 Å². The molecule has 0 spiro atoms. The van der Waals surface area contributed by atoms with E-state index in [1.165, 1.54) is 0 Å². The van der Waals surface area contributed by atoms with E-state index in [-0.39, 0.29) is 18.6 Å². The van der Waals surface area contributed by atoms with E-state index >= 15 is 0 Å². The van der Waals surface area contributed by atoms with E-state index in [1.807, 2.05) is 33.5 Å². The molecule has 0 aliphatic rings. The molecular weight excluding hydrogens is 225 g/mol. The third kappa shape index (κ3) is 8.69. The highest BCUT2D eigenvalue weighted by molar-refractivity contribution is 7.49. The molecule has 0 aromatic heterocycles. The third-order valence-electron chi connectivity index (χ3n) is 1.59. The summed E-state index contributed by atoms with van der Waals surface area (Å²) in [6, 6.07) is 0. The fraction of sp³-hybridized carbons (Fsp3) is 0.727. The van der Waals surface area contributed by atoms with Crippen LogP contribution in [-0.2, 0) is 14.1 Å². The molecule has 0 bridgehead atoms. The Balaban J connectivity index is 3.76. The van der Waals surface area contributed by atoms with Crippen molar-refractivity contribution >= 4 is 14.3 Å². The Labute approximate surface area is 99.3 Å². The number of allylic oxidation sites excluding steroid dienone is 2. The Morgan fingerprint density at radius 3 is 2.62 bits per heavy atom. The molecule has 4 nitrogen and oxygen atoms in total. The van der Waals surface area contributed by atoms with Gasteiger partial charge in [0, 0.05) is 6.66 Å². The van der Waals surface area contributed by atoms with Gasteiger partial charge in [-0.3, -0.25) is 9.88 Å². The summed E-state index contributed by atoms with van der Waals surface area (Å²) in [5.74, 6) is 0.644. The highest BCUT2D eigenvalue weighted by atomic mass is 31.2. The van der Waals surface area contributed by atoms with Gasteiger partial charge in [-0.1, -0.05) is 6.92 Å². The predicted octanol–water partition coefficient (Wildman–Crippen LogP) is 2.80. The molecule has 0 amide bonds. The van der Waals surface area contributed by atoms with E-state index in [0.29, 0.717) is 0 Å². The molecule has 0 heterocycles. The van der Waals surface area contributed by atoms with E-state index in [0.717, 1.165) is 12.2 Å². The van der Waals surface area contributed by atoms with Gasteiger partial charge in [-0.2, -0.15) is 0 Å². The zero-order valence-electron chi connectivity index (χ0n) is 10.7. The van der Waals surface area contributed by atoms with Crippen molar-refractivity contribution in [3.05, 3.63) is 11.8 Å². The highest BCUT2D eigenvalue weighted by Crippen LogP contribution is 2.29. The molecule has 94 valence electrons. The van der Waals surface area contributed by atoms with E-state index < -0.39 is 8.30 Å². The smallest absolute Gasteiger partial charge is 0.320 e. The standard InChI is InChI=1S/C11H22NO3P/c1-6-7-10(4)15-16(5)12-8-11(13)14-9(2)3/h7,9,12H,6,8H2,1-5H3/b10-7+. The largest absolute Gasteiger partial charge is 0.463 e. The number of ether oxygens (including phenoxy) is 1. The Hall–Kier alpha value is -0.600. The Morgan fingerprint density at radius 2 is 2.12 bits per heavy atom. The summed E-state index contributed by atoms with van der Waals surface area (Å²) in [4.78, 5) is 11.2. The number of esters is 1. The lowest BCUT2D eigenvalue weighted by atomic mass is 10.4. The minimum absolute atomic E-state index is 0.0694. The summed E-state index contributed by atoms with van der Waals surface area (Å²) in [5, 5.41) is 3.00. The molecule has 0 radical (unpaired) electrons. The van der Waals surface area contributed by atoms with Crippen LogP contribution in [0.4, 0.5) is 0 Å². The van der Waals surface area contributed by atoms with Crippen molar-refractivity contribution in [2.45, 2.75) is 40.2 Å². The van der Waals surface area contributed by atoms with Crippen molar-refractivity contribution in [1.82, 2.24) is 5.09 Å². The monoisotopic (exact) mass is 247 g/mol. The second kappa shape index (κ2) is 8.54. The molecule has 0 fully saturated rings. The first-order valence-corrected chi connectivity index (χ1v) is 7.17. The van der Waals surface area contributed by atoms with Gasteiger partial charge >= 0.3 is 5.97 Å². The summed E-state index contributed by atoms with van der Waals surface area (Å²) in [5.41, 5.74) is 0. The van der Waals surface area contributed by atoms with E-state index in [9.17, 15) is 4.79 Å². The molecule has 0 saturated heterocycles. The van der Waals surface area contributed by atoms with Crippen molar-refractivity contribution in [2.24, 2.45) is 0 Å². The summed E-state index contributed by atoms with van der Waals surface area (Å²) in [7, 11) is -0.808. The fourth-order valence-corrected chi connectivity index (χ4v) is 1.98. The molecule has 1 unspecified atom stereocenters. The minimum atomic E-state index is -0.808. The van der Waals surface area contributed by atoms with Gasteiger partial charge in [-0.25, -0.2) is 0 Å². The van der Waals surface area contributed by atoms with Crippen LogP contribution in [0.3, 0.4) is 0 Å². The molecule has 1 N–H and O–H groups in total. The summed E-state index contributed by atoms with van der Waals surface area (Å²) in [6.45, 7) is 9.74. The van der Waals surface area contributed by atoms with Gasteiger partial charge in [0.25, 0.3) is 0 Å². The average molecular weight is 247 g/mol. The highest BCUT2D eigenvalue weighted by Gasteiger charge is 2.09. The first-order chi connectivity index (χ1) is 7.45. The molecule has 16 heavy (non-hydrogen) atoms. The van der Waals surface area contributed by atoms with Crippen LogP contribution < -0.4 is 5.09 Å². The van der Waals surface area contributed by atoms with Crippen molar-refractivity contribution in [1.29, 1.82) is 0 Å². The van der Waals surface area contributed by atoms with E-state index in [2.05, 4.69) is 12.0 Å². The van der Waals surface area contributed by atoms with Gasteiger partial charge in [-0.15, -0.1) is 0 Å². The van der Waals surface area contributed by atoms with Crippen molar-refractivity contribution in [3.8, 4) is 0 Å². The number of nitrogens with one attached hydrogen (secondary N) is 1. The number of carbonyl (C=O) groups excluding carboxylic acids is 1. The van der Waals surface area contributed by atoms with Gasteiger partial charge in [0.05, 0.1) is 11.9 Å². The van der Waals surface area contributed by atoms with Crippen LogP contribution in [0.1, 0.15) is 34.1 Å². The molecule has 5 heteroatoms. The topological polar surface area (TPSA) is 47.6 Å². The maximum Gasteiger partial charge on any atom is 0.320 e. The predicted molar refractivity (Wildman–Crippen MR) is 67.2 cm³/mol. The maximum atomic E-state index is 11.2. The van der Waals surface area contributed by atoms with Gasteiger partial charge in [0.2, 0.25) is 0 Å². The molecule has 0 aromatic carbocycles. The first-order valence-electron chi connectivity index (χ1n) is 5.47. The number of carbonyl (C=O) groups is 1. The molecule has 0 aliphatic heterocycles. The number of hydrogen-bond donors (Lipinski definition) is 1. The second-order valence-electron chi connectivity index (χ2n) is 3.69. The van der Waals surface area contributed by atoms with Crippen LogP contribution in [0.15, 0.2) is 11.8 Å². The Kier molecular flexibility index (Phi) is 8.22. The van der Waals surface area contributed by atoms with Crippen LogP contribution in [0, 0.1) is 0 Å². The second-order valence-corrected chi connectivity index (χ2v) is 5.18. The fourth-order valence-electron chi connectivity index (χ4n) is 1.05. The van der Waals surface area contributed by atoms with Crippen LogP contribution in [0.2, 0.25) is 0 Å². The zero-order valence-corrected chi connectivity index (χ0v) is 11.6. The van der Waals surface area contributed by atoms with Crippen LogP contribution in [0.25, 0.3) is 0 Å². The lowest BCUT2D eigenvalue weighted by Crippen LogP contribution is -2.23. The number of rotatable bonds is 7. The summed E-state index contributed by atoms with van der Waals surface area (Å²) >= 11 is 0. The van der Waals surface area contributed by atoms with Gasteiger partial charge < -0.3 is 9.26 Å². The van der Waals surface area contributed by atoms with Crippen molar-refractivity contribution < 1.29 is 14.1 Å². The quantitative estimate of drug-likeness (QED) is 0.427. The first kappa shape index (κ1) is 15.4. The summed E-state index contributed by atoms with van der Waals surface area (Å²) < 4.78 is 10.5. The SMILES string of the molecule is CC/C=C(\C)OP(C)NCC(=O)OC(C)C. The van der Waals surface area contributed by atoms with Crippen molar-refractivity contribution in [2.75, 3.05) is 13.2 Å². The van der Waals surface area contributed by atoms with E-state index in [1.54, 1.807) is 0 Å². The summed E-state index contributed by atoms with van der Waals surface area (Å²) in [6.07, 6.45) is 2.89. The average Bonchev–Trinajstić information content (AvgIpc) is 2.14. The molecule has 0 aromatic rings. The van der Waals surface area contributed by atoms with Crippen molar-refractivity contribution in [3.63, 3.8) is 0 Å². The normalized spacial score (nSPS) is 13.8. The van der Waals surface area contributed by atoms with Crippen LogP contribution in [-0.4, -0.2) is 25.3 Å². The lowest BCUT2D eigenvalue weighted by Gasteiger charge is -2.15. The van der Waals surface area contributed by atoms with Gasteiger partial charge in [0.1, 0.15) is 6.54 Å². The third-order valence-corrected chi connectivity index (χ3v) is 2.75. The van der Waals surface area contributed by atoms with Gasteiger partial charge in [-0.05, 0) is 33.3 Å². The molecule has 0 saturated carbocycles. The zero-order chi connectivity index (χ0) is 12.6. The Morgan fingerprint density at radius 1 is 1.50 bits per heavy atom. The minimum Gasteiger partial charge on any atom is -0.463 e. The molecule has 0 rings (SSSR count). The number of hydrogen-bond acceptors (Lipinski definition) is 4. The molecular formula is C11H22NO3P. The lowest BCUT2D eigenvalue weighted by molar-refractivity contribution is -0.145. The van der Waals surface area contributed by atoms with Gasteiger partial charge in [0.15, 0.2) is 8.30 Å². The van der Waals surface area contributed by atoms with Crippen LogP contribution in [0.5, 0.6) is 0 Å². The molecule has 0 aliphatic carbocycles. The Bertz CT molecular complexity index is 241. The van der Waals surface area contributed by atoms with E-state index in [4.69, 9.17) is 9.26 Å². The maximum absolute atomic E-state index is 11.2.